The number of ketones is 1. The molecule has 3 aromatic rings. The van der Waals surface area contributed by atoms with Crippen molar-refractivity contribution < 1.29 is 9.90 Å². The molecule has 0 radical (unpaired) electrons. The number of phenols is 1. The Bertz CT molecular complexity index is 1150. The largest absolute Gasteiger partial charge is 0.507 e. The van der Waals surface area contributed by atoms with Crippen LogP contribution in [0, 0.1) is 25.2 Å². The van der Waals surface area contributed by atoms with E-state index in [2.05, 4.69) is 0 Å². The number of halogens is 1. The lowest BCUT2D eigenvalue weighted by molar-refractivity contribution is 0.103. The zero-order valence-corrected chi connectivity index (χ0v) is 15.4. The van der Waals surface area contributed by atoms with Crippen molar-refractivity contribution in [2.24, 2.45) is 0 Å². The quantitative estimate of drug-likeness (QED) is 0.700. The van der Waals surface area contributed by atoms with Crippen LogP contribution in [0.1, 0.15) is 32.6 Å². The second-order valence-corrected chi connectivity index (χ2v) is 6.60. The second-order valence-electron chi connectivity index (χ2n) is 6.16. The first kappa shape index (κ1) is 18.4. The highest BCUT2D eigenvalue weighted by Gasteiger charge is 2.19. The van der Waals surface area contributed by atoms with Gasteiger partial charge in [0.05, 0.1) is 11.3 Å². The van der Waals surface area contributed by atoms with E-state index in [-0.39, 0.29) is 22.4 Å². The molecule has 0 aliphatic carbocycles. The highest BCUT2D eigenvalue weighted by molar-refractivity contribution is 6.31. The van der Waals surface area contributed by atoms with Gasteiger partial charge in [0.2, 0.25) is 0 Å². The first-order valence-electron chi connectivity index (χ1n) is 8.10. The van der Waals surface area contributed by atoms with Crippen molar-refractivity contribution in [2.75, 3.05) is 0 Å². The molecule has 0 spiro atoms. The zero-order valence-electron chi connectivity index (χ0n) is 14.7. The average molecular weight is 379 g/mol. The minimum atomic E-state index is -0.536. The SMILES string of the molecule is Cc1cccc(C)c1-n1cc(C(=O)c2cc(Cl)ccc2O)cc(C#N)c1=O. The third-order valence-electron chi connectivity index (χ3n) is 4.28. The van der Waals surface area contributed by atoms with Gasteiger partial charge in [0.25, 0.3) is 5.56 Å². The first-order valence-corrected chi connectivity index (χ1v) is 8.48. The molecule has 5 nitrogen and oxygen atoms in total. The van der Waals surface area contributed by atoms with E-state index >= 15 is 0 Å². The van der Waals surface area contributed by atoms with Crippen LogP contribution in [0.5, 0.6) is 5.75 Å². The summed E-state index contributed by atoms with van der Waals surface area (Å²) in [6.07, 6.45) is 1.39. The lowest BCUT2D eigenvalue weighted by Gasteiger charge is -2.14. The number of hydrogen-bond donors (Lipinski definition) is 1. The van der Waals surface area contributed by atoms with E-state index in [0.717, 1.165) is 11.1 Å². The Morgan fingerprint density at radius 3 is 2.44 bits per heavy atom. The number of benzene rings is 2. The van der Waals surface area contributed by atoms with E-state index in [4.69, 9.17) is 11.6 Å². The summed E-state index contributed by atoms with van der Waals surface area (Å²) in [6, 6.07) is 12.8. The standard InChI is InChI=1S/C21H15ClN2O3/c1-12-4-3-5-13(2)19(12)24-11-15(8-14(10-23)21(24)27)20(26)17-9-16(22)6-7-18(17)25/h3-9,11,25H,1-2H3. The smallest absolute Gasteiger partial charge is 0.273 e. The summed E-state index contributed by atoms with van der Waals surface area (Å²) in [5.41, 5.74) is 1.70. The van der Waals surface area contributed by atoms with Crippen molar-refractivity contribution in [1.29, 1.82) is 5.26 Å². The third kappa shape index (κ3) is 3.35. The maximum absolute atomic E-state index is 12.9. The highest BCUT2D eigenvalue weighted by atomic mass is 35.5. The molecule has 1 heterocycles. The molecule has 6 heteroatoms. The number of aromatic hydroxyl groups is 1. The van der Waals surface area contributed by atoms with Crippen molar-refractivity contribution in [3.63, 3.8) is 0 Å². The van der Waals surface area contributed by atoms with E-state index < -0.39 is 11.3 Å². The topological polar surface area (TPSA) is 83.1 Å². The molecule has 3 rings (SSSR count). The zero-order chi connectivity index (χ0) is 19.7. The average Bonchev–Trinajstić information content (AvgIpc) is 2.64. The maximum Gasteiger partial charge on any atom is 0.273 e. The summed E-state index contributed by atoms with van der Waals surface area (Å²) >= 11 is 5.93. The van der Waals surface area contributed by atoms with Crippen LogP contribution in [0.4, 0.5) is 0 Å². The van der Waals surface area contributed by atoms with Crippen LogP contribution in [0.15, 0.2) is 53.5 Å². The van der Waals surface area contributed by atoms with E-state index in [9.17, 15) is 20.0 Å². The van der Waals surface area contributed by atoms with E-state index in [0.29, 0.717) is 10.7 Å². The Kier molecular flexibility index (Phi) is 4.85. The molecular formula is C21H15ClN2O3. The van der Waals surface area contributed by atoms with E-state index in [1.54, 1.807) is 0 Å². The van der Waals surface area contributed by atoms with Crippen LogP contribution in [-0.2, 0) is 0 Å². The Labute approximate surface area is 160 Å². The molecule has 27 heavy (non-hydrogen) atoms. The number of para-hydroxylation sites is 1. The number of carbonyl (C=O) groups excluding carboxylic acids is 1. The van der Waals surface area contributed by atoms with Gasteiger partial charge in [0, 0.05) is 16.8 Å². The van der Waals surface area contributed by atoms with Crippen LogP contribution < -0.4 is 5.56 Å². The summed E-state index contributed by atoms with van der Waals surface area (Å²) in [6.45, 7) is 3.69. The first-order chi connectivity index (χ1) is 12.8. The van der Waals surface area contributed by atoms with Crippen LogP contribution in [0.2, 0.25) is 5.02 Å². The van der Waals surface area contributed by atoms with Crippen molar-refractivity contribution in [1.82, 2.24) is 4.57 Å². The monoisotopic (exact) mass is 378 g/mol. The molecule has 0 saturated heterocycles. The van der Waals surface area contributed by atoms with Crippen LogP contribution in [-0.4, -0.2) is 15.5 Å². The summed E-state index contributed by atoms with van der Waals surface area (Å²) in [7, 11) is 0. The Hall–Kier alpha value is -3.36. The maximum atomic E-state index is 12.9. The van der Waals surface area contributed by atoms with Crippen molar-refractivity contribution in [3.8, 4) is 17.5 Å². The molecule has 0 saturated carbocycles. The van der Waals surface area contributed by atoms with Gasteiger partial charge in [-0.3, -0.25) is 14.2 Å². The number of nitriles is 1. The third-order valence-corrected chi connectivity index (χ3v) is 4.52. The van der Waals surface area contributed by atoms with E-state index in [1.165, 1.54) is 35.0 Å². The molecule has 0 unspecified atom stereocenters. The fraction of sp³-hybridized carbons (Fsp3) is 0.0952. The number of rotatable bonds is 3. The molecule has 134 valence electrons. The van der Waals surface area contributed by atoms with Crippen LogP contribution in [0.3, 0.4) is 0 Å². The number of aromatic nitrogens is 1. The second kappa shape index (κ2) is 7.10. The highest BCUT2D eigenvalue weighted by Crippen LogP contribution is 2.25. The number of phenolic OH excluding ortho intramolecular Hbond substituents is 1. The van der Waals surface area contributed by atoms with Gasteiger partial charge in [-0.1, -0.05) is 29.8 Å². The predicted octanol–water partition coefficient (Wildman–Crippen LogP) is 3.92. The molecule has 1 N–H and O–H groups in total. The molecule has 0 aliphatic heterocycles. The van der Waals surface area contributed by atoms with Gasteiger partial charge in [-0.2, -0.15) is 5.26 Å². The lowest BCUT2D eigenvalue weighted by Crippen LogP contribution is -2.24. The number of nitrogens with zero attached hydrogens (tertiary/aromatic N) is 2. The molecule has 0 amide bonds. The number of pyridine rings is 1. The van der Waals surface area contributed by atoms with Crippen molar-refractivity contribution in [2.45, 2.75) is 13.8 Å². The Balaban J connectivity index is 2.28. The van der Waals surface area contributed by atoms with Gasteiger partial charge in [-0.15, -0.1) is 0 Å². The predicted molar refractivity (Wildman–Crippen MR) is 103 cm³/mol. The normalized spacial score (nSPS) is 10.4. The minimum absolute atomic E-state index is 0.00176. The van der Waals surface area contributed by atoms with Gasteiger partial charge >= 0.3 is 0 Å². The minimum Gasteiger partial charge on any atom is -0.507 e. The number of hydrogen-bond acceptors (Lipinski definition) is 4. The van der Waals surface area contributed by atoms with Crippen molar-refractivity contribution >= 4 is 17.4 Å². The Morgan fingerprint density at radius 1 is 1.15 bits per heavy atom. The molecular weight excluding hydrogens is 364 g/mol. The number of aryl methyl sites for hydroxylation is 2. The fourth-order valence-corrected chi connectivity index (χ4v) is 3.16. The van der Waals surface area contributed by atoms with Crippen molar-refractivity contribution in [3.05, 3.63) is 91.9 Å². The number of carbonyl (C=O) groups is 1. The Morgan fingerprint density at radius 2 is 1.81 bits per heavy atom. The van der Waals surface area contributed by atoms with Gasteiger partial charge in [-0.05, 0) is 49.2 Å². The summed E-state index contributed by atoms with van der Waals surface area (Å²) in [5, 5.41) is 19.7. The molecule has 2 aromatic carbocycles. The van der Waals surface area contributed by atoms with Crippen LogP contribution in [0.25, 0.3) is 5.69 Å². The van der Waals surface area contributed by atoms with Gasteiger partial charge in [-0.25, -0.2) is 0 Å². The van der Waals surface area contributed by atoms with Crippen LogP contribution >= 0.6 is 11.6 Å². The summed E-state index contributed by atoms with van der Waals surface area (Å²) < 4.78 is 1.30. The van der Waals surface area contributed by atoms with Gasteiger partial charge < -0.3 is 5.11 Å². The van der Waals surface area contributed by atoms with Gasteiger partial charge in [0.1, 0.15) is 17.4 Å². The molecule has 0 aliphatic rings. The molecule has 0 bridgehead atoms. The fourth-order valence-electron chi connectivity index (χ4n) is 2.98. The van der Waals surface area contributed by atoms with Gasteiger partial charge in [0.15, 0.2) is 5.78 Å². The summed E-state index contributed by atoms with van der Waals surface area (Å²) in [5.74, 6) is -0.765. The summed E-state index contributed by atoms with van der Waals surface area (Å²) in [4.78, 5) is 25.6. The lowest BCUT2D eigenvalue weighted by atomic mass is 10.0. The molecule has 0 atom stereocenters. The molecule has 0 fully saturated rings. The molecule has 1 aromatic heterocycles. The van der Waals surface area contributed by atoms with E-state index in [1.807, 2.05) is 38.1 Å².